The molecule has 0 heterocycles. The van der Waals surface area contributed by atoms with Gasteiger partial charge in [-0.2, -0.15) is 0 Å². The summed E-state index contributed by atoms with van der Waals surface area (Å²) in [6.45, 7) is 7.05. The molecule has 0 radical (unpaired) electrons. The summed E-state index contributed by atoms with van der Waals surface area (Å²) in [5.74, 6) is 0.891. The Morgan fingerprint density at radius 1 is 1.33 bits per heavy atom. The van der Waals surface area contributed by atoms with E-state index in [1.807, 2.05) is 0 Å². The fraction of sp³-hybridized carbons (Fsp3) is 1.00. The van der Waals surface area contributed by atoms with E-state index < -0.39 is 0 Å². The van der Waals surface area contributed by atoms with Crippen molar-refractivity contribution < 1.29 is 0 Å². The summed E-state index contributed by atoms with van der Waals surface area (Å²) in [5.41, 5.74) is 0.528. The van der Waals surface area contributed by atoms with Crippen LogP contribution in [0.15, 0.2) is 0 Å². The maximum Gasteiger partial charge on any atom is 0.0199 e. The van der Waals surface area contributed by atoms with Crippen molar-refractivity contribution in [2.75, 3.05) is 0 Å². The number of halogens is 1. The molecule has 9 heavy (non-hydrogen) atoms. The molecule has 0 bridgehead atoms. The van der Waals surface area contributed by atoms with Crippen molar-refractivity contribution in [1.29, 1.82) is 0 Å². The van der Waals surface area contributed by atoms with Gasteiger partial charge in [-0.3, -0.25) is 0 Å². The van der Waals surface area contributed by atoms with Crippen molar-refractivity contribution in [2.24, 2.45) is 11.3 Å². The average molecular weight is 191 g/mol. The van der Waals surface area contributed by atoms with Crippen LogP contribution in [-0.2, 0) is 0 Å². The highest BCUT2D eigenvalue weighted by molar-refractivity contribution is 9.09. The Morgan fingerprint density at radius 3 is 2.00 bits per heavy atom. The molecule has 0 spiro atoms. The summed E-state index contributed by atoms with van der Waals surface area (Å²) in [7, 11) is 0. The third-order valence-electron chi connectivity index (χ3n) is 2.93. The monoisotopic (exact) mass is 190 g/mol. The van der Waals surface area contributed by atoms with E-state index in [1.165, 1.54) is 12.8 Å². The van der Waals surface area contributed by atoms with E-state index in [2.05, 4.69) is 36.7 Å². The molecule has 1 aliphatic rings. The lowest BCUT2D eigenvalue weighted by Crippen LogP contribution is -2.22. The first-order valence-electron chi connectivity index (χ1n) is 3.69. The van der Waals surface area contributed by atoms with Crippen LogP contribution in [0, 0.1) is 11.3 Å². The van der Waals surface area contributed by atoms with E-state index in [1.54, 1.807) is 0 Å². The van der Waals surface area contributed by atoms with Crippen molar-refractivity contribution in [1.82, 2.24) is 0 Å². The van der Waals surface area contributed by atoms with Crippen LogP contribution in [0.4, 0.5) is 0 Å². The van der Waals surface area contributed by atoms with Gasteiger partial charge in [0.2, 0.25) is 0 Å². The smallest absolute Gasteiger partial charge is 0.0199 e. The van der Waals surface area contributed by atoms with Crippen LogP contribution >= 0.6 is 15.9 Å². The minimum Gasteiger partial charge on any atom is -0.0885 e. The first kappa shape index (κ1) is 7.59. The van der Waals surface area contributed by atoms with Crippen molar-refractivity contribution >= 4 is 15.9 Å². The van der Waals surface area contributed by atoms with E-state index in [9.17, 15) is 0 Å². The molecule has 0 aromatic carbocycles. The van der Waals surface area contributed by atoms with E-state index in [0.29, 0.717) is 5.41 Å². The fourth-order valence-corrected chi connectivity index (χ4v) is 2.16. The van der Waals surface area contributed by atoms with Crippen molar-refractivity contribution in [3.05, 3.63) is 0 Å². The second-order valence-corrected chi connectivity index (χ2v) is 4.87. The molecular weight excluding hydrogens is 176 g/mol. The first-order chi connectivity index (χ1) is 4.05. The molecule has 1 heteroatoms. The minimum absolute atomic E-state index is 0.528. The fourth-order valence-electron chi connectivity index (χ4n) is 1.45. The van der Waals surface area contributed by atoms with Gasteiger partial charge in [-0.25, -0.2) is 0 Å². The number of hydrogen-bond acceptors (Lipinski definition) is 0. The second kappa shape index (κ2) is 2.26. The summed E-state index contributed by atoms with van der Waals surface area (Å²) in [4.78, 5) is 0.750. The molecule has 1 unspecified atom stereocenters. The van der Waals surface area contributed by atoms with Gasteiger partial charge in [-0.1, -0.05) is 36.7 Å². The van der Waals surface area contributed by atoms with Gasteiger partial charge in [0.15, 0.2) is 0 Å². The SMILES string of the molecule is CC1CC[C@@H](Br)C1(C)C. The van der Waals surface area contributed by atoms with Crippen LogP contribution in [0.3, 0.4) is 0 Å². The average Bonchev–Trinajstić information content (AvgIpc) is 1.96. The lowest BCUT2D eigenvalue weighted by molar-refractivity contribution is 0.291. The summed E-state index contributed by atoms with van der Waals surface area (Å²) in [5, 5.41) is 0. The van der Waals surface area contributed by atoms with Crippen molar-refractivity contribution in [3.8, 4) is 0 Å². The molecule has 0 amide bonds. The number of alkyl halides is 1. The van der Waals surface area contributed by atoms with Gasteiger partial charge < -0.3 is 0 Å². The Bertz CT molecular complexity index is 95.1. The van der Waals surface area contributed by atoms with Gasteiger partial charge in [0.1, 0.15) is 0 Å². The summed E-state index contributed by atoms with van der Waals surface area (Å²) < 4.78 is 0. The number of hydrogen-bond donors (Lipinski definition) is 0. The molecule has 0 N–H and O–H groups in total. The molecule has 0 aromatic heterocycles. The predicted octanol–water partition coefficient (Wildman–Crippen LogP) is 3.21. The van der Waals surface area contributed by atoms with Gasteiger partial charge >= 0.3 is 0 Å². The normalized spacial score (nSPS) is 41.3. The van der Waals surface area contributed by atoms with Gasteiger partial charge in [0.05, 0.1) is 0 Å². The summed E-state index contributed by atoms with van der Waals surface area (Å²) in [6, 6.07) is 0. The molecule has 0 aromatic rings. The van der Waals surface area contributed by atoms with Crippen LogP contribution in [0.25, 0.3) is 0 Å². The molecule has 1 aliphatic carbocycles. The van der Waals surface area contributed by atoms with E-state index in [4.69, 9.17) is 0 Å². The van der Waals surface area contributed by atoms with Crippen molar-refractivity contribution in [3.63, 3.8) is 0 Å². The Hall–Kier alpha value is 0.480. The molecule has 1 fully saturated rings. The molecule has 1 saturated carbocycles. The minimum atomic E-state index is 0.528. The highest BCUT2D eigenvalue weighted by atomic mass is 79.9. The molecule has 54 valence electrons. The molecule has 0 nitrogen and oxygen atoms in total. The Labute approximate surface area is 66.2 Å². The largest absolute Gasteiger partial charge is 0.0885 e. The van der Waals surface area contributed by atoms with Crippen LogP contribution in [0.5, 0.6) is 0 Å². The summed E-state index contributed by atoms with van der Waals surface area (Å²) >= 11 is 3.70. The van der Waals surface area contributed by atoms with Gasteiger partial charge in [0, 0.05) is 4.83 Å². The van der Waals surface area contributed by atoms with Crippen LogP contribution in [0.2, 0.25) is 0 Å². The van der Waals surface area contributed by atoms with Gasteiger partial charge in [0.25, 0.3) is 0 Å². The van der Waals surface area contributed by atoms with Crippen LogP contribution in [-0.4, -0.2) is 4.83 Å². The lowest BCUT2D eigenvalue weighted by atomic mass is 9.83. The third-order valence-corrected chi connectivity index (χ3v) is 4.57. The van der Waals surface area contributed by atoms with E-state index >= 15 is 0 Å². The highest BCUT2D eigenvalue weighted by Gasteiger charge is 2.38. The summed E-state index contributed by atoms with van der Waals surface area (Å²) in [6.07, 6.45) is 2.75. The Morgan fingerprint density at radius 2 is 1.89 bits per heavy atom. The zero-order chi connectivity index (χ0) is 7.07. The van der Waals surface area contributed by atoms with E-state index in [0.717, 1.165) is 10.7 Å². The maximum atomic E-state index is 3.70. The van der Waals surface area contributed by atoms with Crippen molar-refractivity contribution in [2.45, 2.75) is 38.4 Å². The topological polar surface area (TPSA) is 0 Å². The Kier molecular flexibility index (Phi) is 1.91. The van der Waals surface area contributed by atoms with E-state index in [-0.39, 0.29) is 0 Å². The quantitative estimate of drug-likeness (QED) is 0.516. The van der Waals surface area contributed by atoms with Crippen LogP contribution in [0.1, 0.15) is 33.6 Å². The highest BCUT2D eigenvalue weighted by Crippen LogP contribution is 2.46. The zero-order valence-corrected chi connectivity index (χ0v) is 8.03. The molecular formula is C8H15Br. The molecule has 2 atom stereocenters. The maximum absolute atomic E-state index is 3.70. The van der Waals surface area contributed by atoms with Gasteiger partial charge in [-0.05, 0) is 24.2 Å². The lowest BCUT2D eigenvalue weighted by Gasteiger charge is -2.27. The zero-order valence-electron chi connectivity index (χ0n) is 6.45. The third kappa shape index (κ3) is 1.17. The van der Waals surface area contributed by atoms with Gasteiger partial charge in [-0.15, -0.1) is 0 Å². The predicted molar refractivity (Wildman–Crippen MR) is 44.9 cm³/mol. The molecule has 0 aliphatic heterocycles. The number of rotatable bonds is 0. The Balaban J connectivity index is 2.66. The second-order valence-electron chi connectivity index (χ2n) is 3.77. The first-order valence-corrected chi connectivity index (χ1v) is 4.61. The van der Waals surface area contributed by atoms with Crippen LogP contribution < -0.4 is 0 Å². The standard InChI is InChI=1S/C8H15Br/c1-6-4-5-7(9)8(6,2)3/h6-7H,4-5H2,1-3H3/t6?,7-/m1/s1. The molecule has 0 saturated heterocycles. The molecule has 1 rings (SSSR count).